The Balaban J connectivity index is 1.69. The number of benzene rings is 1. The Hall–Kier alpha value is -2.14. The molecular weight excluding hydrogens is 322 g/mol. The van der Waals surface area contributed by atoms with Gasteiger partial charge in [-0.3, -0.25) is 0 Å². The van der Waals surface area contributed by atoms with Crippen LogP contribution in [0.2, 0.25) is 0 Å². The van der Waals surface area contributed by atoms with E-state index in [1.165, 1.54) is 12.8 Å². The van der Waals surface area contributed by atoms with Gasteiger partial charge in [-0.1, -0.05) is 37.3 Å². The van der Waals surface area contributed by atoms with E-state index in [9.17, 15) is 0 Å². The van der Waals surface area contributed by atoms with E-state index in [0.717, 1.165) is 62.3 Å². The molecule has 1 unspecified atom stereocenters. The van der Waals surface area contributed by atoms with Gasteiger partial charge in [0.05, 0.1) is 5.69 Å². The number of piperazine rings is 1. The Morgan fingerprint density at radius 2 is 1.69 bits per heavy atom. The summed E-state index contributed by atoms with van der Waals surface area (Å²) in [7, 11) is 2.19. The Morgan fingerprint density at radius 3 is 2.42 bits per heavy atom. The fourth-order valence-electron chi connectivity index (χ4n) is 3.89. The van der Waals surface area contributed by atoms with Crippen molar-refractivity contribution in [3.8, 4) is 11.3 Å². The van der Waals surface area contributed by atoms with Gasteiger partial charge in [-0.2, -0.15) is 4.98 Å². The summed E-state index contributed by atoms with van der Waals surface area (Å²) in [6.07, 6.45) is 2.53. The maximum absolute atomic E-state index is 4.99. The van der Waals surface area contributed by atoms with Gasteiger partial charge in [0.2, 0.25) is 5.95 Å². The van der Waals surface area contributed by atoms with E-state index >= 15 is 0 Å². The molecule has 2 aliphatic heterocycles. The fourth-order valence-corrected chi connectivity index (χ4v) is 3.89. The van der Waals surface area contributed by atoms with Crippen LogP contribution in [0.3, 0.4) is 0 Å². The van der Waals surface area contributed by atoms with E-state index in [0.29, 0.717) is 5.92 Å². The lowest BCUT2D eigenvalue weighted by atomic mass is 10.0. The maximum Gasteiger partial charge on any atom is 0.227 e. The van der Waals surface area contributed by atoms with Gasteiger partial charge in [0, 0.05) is 50.9 Å². The third-order valence-electron chi connectivity index (χ3n) is 5.54. The third kappa shape index (κ3) is 3.83. The first-order valence-electron chi connectivity index (χ1n) is 9.82. The van der Waals surface area contributed by atoms with Crippen molar-refractivity contribution in [2.75, 3.05) is 56.1 Å². The smallest absolute Gasteiger partial charge is 0.227 e. The lowest BCUT2D eigenvalue weighted by molar-refractivity contribution is 0.312. The van der Waals surface area contributed by atoms with Crippen LogP contribution in [0.15, 0.2) is 36.4 Å². The molecule has 5 nitrogen and oxygen atoms in total. The summed E-state index contributed by atoms with van der Waals surface area (Å²) in [6, 6.07) is 12.7. The molecule has 0 bridgehead atoms. The van der Waals surface area contributed by atoms with Crippen LogP contribution in [0.1, 0.15) is 19.8 Å². The Bertz CT molecular complexity index is 724. The highest BCUT2D eigenvalue weighted by atomic mass is 15.3. The minimum Gasteiger partial charge on any atom is -0.354 e. The van der Waals surface area contributed by atoms with Crippen LogP contribution in [0.5, 0.6) is 0 Å². The normalized spacial score (nSPS) is 21.8. The molecule has 2 aliphatic rings. The molecule has 3 heterocycles. The zero-order chi connectivity index (χ0) is 17.9. The maximum atomic E-state index is 4.99. The van der Waals surface area contributed by atoms with E-state index in [2.05, 4.69) is 65.1 Å². The average Bonchev–Trinajstić information content (AvgIpc) is 2.69. The summed E-state index contributed by atoms with van der Waals surface area (Å²) < 4.78 is 0. The molecule has 2 fully saturated rings. The molecule has 1 aromatic carbocycles. The van der Waals surface area contributed by atoms with Gasteiger partial charge >= 0.3 is 0 Å². The van der Waals surface area contributed by atoms with Crippen molar-refractivity contribution >= 4 is 11.8 Å². The summed E-state index contributed by atoms with van der Waals surface area (Å²) in [5.74, 6) is 2.67. The van der Waals surface area contributed by atoms with Crippen LogP contribution >= 0.6 is 0 Å². The van der Waals surface area contributed by atoms with Crippen molar-refractivity contribution in [2.45, 2.75) is 19.8 Å². The predicted octanol–water partition coefficient (Wildman–Crippen LogP) is 3.13. The first-order chi connectivity index (χ1) is 12.7. The monoisotopic (exact) mass is 351 g/mol. The topological polar surface area (TPSA) is 35.5 Å². The number of anilines is 2. The second kappa shape index (κ2) is 7.62. The van der Waals surface area contributed by atoms with Crippen molar-refractivity contribution in [1.82, 2.24) is 14.9 Å². The lowest BCUT2D eigenvalue weighted by Crippen LogP contribution is -2.45. The van der Waals surface area contributed by atoms with Crippen LogP contribution < -0.4 is 9.80 Å². The average molecular weight is 351 g/mol. The van der Waals surface area contributed by atoms with Crippen LogP contribution in [-0.2, 0) is 0 Å². The molecule has 2 saturated heterocycles. The number of nitrogens with zero attached hydrogens (tertiary/aromatic N) is 5. The molecule has 0 saturated carbocycles. The van der Waals surface area contributed by atoms with Crippen LogP contribution in [-0.4, -0.2) is 61.2 Å². The molecule has 5 heteroatoms. The third-order valence-corrected chi connectivity index (χ3v) is 5.54. The van der Waals surface area contributed by atoms with Gasteiger partial charge < -0.3 is 14.7 Å². The van der Waals surface area contributed by atoms with Gasteiger partial charge in [-0.05, 0) is 25.8 Å². The fraction of sp³-hybridized carbons (Fsp3) is 0.524. The molecule has 138 valence electrons. The highest BCUT2D eigenvalue weighted by molar-refractivity contribution is 5.65. The van der Waals surface area contributed by atoms with Crippen LogP contribution in [0, 0.1) is 5.92 Å². The van der Waals surface area contributed by atoms with E-state index < -0.39 is 0 Å². The summed E-state index contributed by atoms with van der Waals surface area (Å²) >= 11 is 0. The van der Waals surface area contributed by atoms with Crippen molar-refractivity contribution in [1.29, 1.82) is 0 Å². The van der Waals surface area contributed by atoms with Gasteiger partial charge in [-0.15, -0.1) is 0 Å². The van der Waals surface area contributed by atoms with Crippen LogP contribution in [0.4, 0.5) is 11.8 Å². The lowest BCUT2D eigenvalue weighted by Gasteiger charge is -2.35. The predicted molar refractivity (Wildman–Crippen MR) is 108 cm³/mol. The summed E-state index contributed by atoms with van der Waals surface area (Å²) in [4.78, 5) is 17.1. The number of piperidine rings is 1. The van der Waals surface area contributed by atoms with E-state index in [-0.39, 0.29) is 0 Å². The zero-order valence-corrected chi connectivity index (χ0v) is 15.9. The second-order valence-electron chi connectivity index (χ2n) is 7.76. The van der Waals surface area contributed by atoms with E-state index in [1.807, 2.05) is 0 Å². The van der Waals surface area contributed by atoms with Gasteiger partial charge in [-0.25, -0.2) is 4.98 Å². The second-order valence-corrected chi connectivity index (χ2v) is 7.76. The Kier molecular flexibility index (Phi) is 5.07. The summed E-state index contributed by atoms with van der Waals surface area (Å²) in [5, 5.41) is 0. The Morgan fingerprint density at radius 1 is 0.923 bits per heavy atom. The molecule has 0 aliphatic carbocycles. The number of hydrogen-bond donors (Lipinski definition) is 0. The molecule has 2 aromatic rings. The van der Waals surface area contributed by atoms with Crippen LogP contribution in [0.25, 0.3) is 11.3 Å². The van der Waals surface area contributed by atoms with Crippen molar-refractivity contribution in [3.05, 3.63) is 36.4 Å². The van der Waals surface area contributed by atoms with Gasteiger partial charge in [0.1, 0.15) is 5.82 Å². The molecular formula is C21H29N5. The molecule has 26 heavy (non-hydrogen) atoms. The first-order valence-corrected chi connectivity index (χ1v) is 9.82. The number of hydrogen-bond acceptors (Lipinski definition) is 5. The minimum absolute atomic E-state index is 0.708. The van der Waals surface area contributed by atoms with Gasteiger partial charge in [0.25, 0.3) is 0 Å². The summed E-state index contributed by atoms with van der Waals surface area (Å²) in [6.45, 7) is 8.66. The van der Waals surface area contributed by atoms with E-state index in [1.54, 1.807) is 0 Å². The number of likely N-dealkylation sites (N-methyl/N-ethyl adjacent to an activating group) is 1. The molecule has 0 N–H and O–H groups in total. The highest BCUT2D eigenvalue weighted by Gasteiger charge is 2.22. The zero-order valence-electron chi connectivity index (χ0n) is 15.9. The van der Waals surface area contributed by atoms with Crippen molar-refractivity contribution < 1.29 is 0 Å². The minimum atomic E-state index is 0.708. The van der Waals surface area contributed by atoms with Crippen molar-refractivity contribution in [3.63, 3.8) is 0 Å². The molecule has 4 rings (SSSR count). The SMILES string of the molecule is CC1CCCN(c2nc(-c3ccccc3)cc(N3CCN(C)CC3)n2)C1. The first kappa shape index (κ1) is 17.3. The van der Waals surface area contributed by atoms with Crippen molar-refractivity contribution in [2.24, 2.45) is 5.92 Å². The Labute approximate surface area is 156 Å². The van der Waals surface area contributed by atoms with Gasteiger partial charge in [0.15, 0.2) is 0 Å². The molecule has 1 atom stereocenters. The molecule has 0 amide bonds. The summed E-state index contributed by atoms with van der Waals surface area (Å²) in [5.41, 5.74) is 2.19. The number of rotatable bonds is 3. The largest absolute Gasteiger partial charge is 0.354 e. The van der Waals surface area contributed by atoms with E-state index in [4.69, 9.17) is 9.97 Å². The molecule has 1 aromatic heterocycles. The number of aromatic nitrogens is 2. The molecule has 0 spiro atoms. The quantitative estimate of drug-likeness (QED) is 0.849. The highest BCUT2D eigenvalue weighted by Crippen LogP contribution is 2.27. The standard InChI is InChI=1S/C21H29N5/c1-17-7-6-10-26(16-17)21-22-19(18-8-4-3-5-9-18)15-20(23-21)25-13-11-24(2)12-14-25/h3-5,8-9,15,17H,6-7,10-14,16H2,1-2H3. The molecule has 0 radical (unpaired) electrons.